The number of unbranched alkanes of at least 4 members (excludes halogenated alkanes) is 23. The summed E-state index contributed by atoms with van der Waals surface area (Å²) >= 11 is 0. The van der Waals surface area contributed by atoms with Gasteiger partial charge in [-0.15, -0.1) is 0 Å². The molecule has 5 unspecified atom stereocenters. The average Bonchev–Trinajstić information content (AvgIpc) is 0.953. The van der Waals surface area contributed by atoms with Crippen molar-refractivity contribution in [3.63, 3.8) is 0 Å². The first-order valence-electron chi connectivity index (χ1n) is 38.4. The number of carbonyl (C=O) groups is 4. The lowest BCUT2D eigenvalue weighted by atomic mass is 10.1. The lowest BCUT2D eigenvalue weighted by Gasteiger charge is -2.21. The van der Waals surface area contributed by atoms with Gasteiger partial charge in [0.2, 0.25) is 0 Å². The minimum absolute atomic E-state index is 0.0316. The normalized spacial score (nSPS) is 14.7. The van der Waals surface area contributed by atoms with Crippen LogP contribution in [-0.4, -0.2) is 96.7 Å². The minimum atomic E-state index is -4.99. The molecule has 100 heavy (non-hydrogen) atoms. The van der Waals surface area contributed by atoms with Crippen LogP contribution in [0.15, 0.2) is 134 Å². The number of hydrogen-bond donors (Lipinski definition) is 3. The third-order valence-corrected chi connectivity index (χ3v) is 17.5. The number of phosphoric ester groups is 2. The number of esters is 4. The van der Waals surface area contributed by atoms with E-state index in [1.54, 1.807) is 0 Å². The Morgan fingerprint density at radius 2 is 0.550 bits per heavy atom. The van der Waals surface area contributed by atoms with E-state index in [4.69, 9.17) is 37.0 Å². The molecule has 572 valence electrons. The Labute approximate surface area is 605 Å². The zero-order chi connectivity index (χ0) is 73.2. The van der Waals surface area contributed by atoms with E-state index in [1.165, 1.54) is 51.4 Å². The molecular weight excluding hydrogens is 1310 g/mol. The summed E-state index contributed by atoms with van der Waals surface area (Å²) in [5.74, 6) is -2.31. The molecule has 0 spiro atoms. The molecule has 5 atom stereocenters. The van der Waals surface area contributed by atoms with E-state index < -0.39 is 97.5 Å². The highest BCUT2D eigenvalue weighted by Crippen LogP contribution is 2.45. The number of phosphoric acid groups is 2. The van der Waals surface area contributed by atoms with Gasteiger partial charge in [-0.05, 0) is 141 Å². The molecular formula is C81H136O17P2. The van der Waals surface area contributed by atoms with Gasteiger partial charge in [-0.25, -0.2) is 9.13 Å². The van der Waals surface area contributed by atoms with Crippen molar-refractivity contribution in [3.8, 4) is 0 Å². The second-order valence-electron chi connectivity index (χ2n) is 25.2. The molecule has 3 N–H and O–H groups in total. The summed E-state index contributed by atoms with van der Waals surface area (Å²) in [6.07, 6.45) is 80.3. The molecule has 0 saturated heterocycles. The van der Waals surface area contributed by atoms with Crippen molar-refractivity contribution >= 4 is 39.5 Å². The maximum Gasteiger partial charge on any atom is 0.472 e. The molecule has 0 aliphatic heterocycles. The van der Waals surface area contributed by atoms with Gasteiger partial charge in [-0.2, -0.15) is 0 Å². The molecule has 0 aliphatic carbocycles. The van der Waals surface area contributed by atoms with Gasteiger partial charge in [-0.1, -0.05) is 264 Å². The topological polar surface area (TPSA) is 237 Å². The van der Waals surface area contributed by atoms with Crippen LogP contribution in [0.2, 0.25) is 0 Å². The average molecular weight is 1440 g/mol. The van der Waals surface area contributed by atoms with Crippen LogP contribution in [0.4, 0.5) is 0 Å². The van der Waals surface area contributed by atoms with E-state index in [0.29, 0.717) is 32.1 Å². The molecule has 0 aromatic rings. The Morgan fingerprint density at radius 3 is 0.900 bits per heavy atom. The Balaban J connectivity index is 5.40. The molecule has 0 bridgehead atoms. The van der Waals surface area contributed by atoms with Gasteiger partial charge in [-0.3, -0.25) is 37.3 Å². The number of allylic oxidation sites excluding steroid dienone is 22. The SMILES string of the molecule is CC/C=C\C/C=C\C/C=C\C/C=C\C/C=C\C/C=C\CCC(=O)OCC(COP(=O)(O)OCC(O)COP(=O)(O)OCC(COC(=O)CCCCCCC/C=C\C/C=C\C/C=C\CC)OC(=O)CCCCCCC/C=C\CCCCCCCC)OC(=O)CCCCCCC/C=C\CCCC. The van der Waals surface area contributed by atoms with Crippen molar-refractivity contribution in [2.75, 3.05) is 39.6 Å². The Hall–Kier alpha value is -4.80. The third-order valence-electron chi connectivity index (χ3n) is 15.6. The maximum absolute atomic E-state index is 13.1. The monoisotopic (exact) mass is 1440 g/mol. The Kier molecular flexibility index (Phi) is 69.1. The third kappa shape index (κ3) is 71.6. The standard InChI is InChI=1S/C81H136O17P2/c1-5-9-13-17-21-25-29-32-35-36-37-38-41-43-47-50-54-58-62-66-79(84)91-71-76(97-80(85)67-63-59-55-51-45-28-24-20-16-12-8-4)73-95-99(87,88)93-69-75(82)70-94-100(89,90)96-74-77(98-81(86)68-64-60-56-52-48-44-40-34-31-27-23-19-15-11-7-3)72-92-78(83)65-61-57-53-49-46-42-39-33-30-26-22-18-14-10-6-2/h9-10,13-14,20-22,24-26,32-35,37-40,43,47,54,58,75-77,82H,5-8,11-12,15-19,23,27-31,36,41-42,44-46,48-53,55-57,59-74H2,1-4H3,(H,87,88)(H,89,90)/b13-9-,14-10-,24-20-,25-21-,26-22-,35-32-,38-37-,39-33-,40-34-,47-43-,58-54-. The van der Waals surface area contributed by atoms with Gasteiger partial charge < -0.3 is 33.8 Å². The summed E-state index contributed by atoms with van der Waals surface area (Å²) in [5.41, 5.74) is 0. The first-order valence-corrected chi connectivity index (χ1v) is 41.4. The van der Waals surface area contributed by atoms with E-state index in [1.807, 2.05) is 18.2 Å². The first kappa shape index (κ1) is 95.2. The highest BCUT2D eigenvalue weighted by atomic mass is 31.2. The summed E-state index contributed by atoms with van der Waals surface area (Å²) in [5, 5.41) is 10.6. The lowest BCUT2D eigenvalue weighted by Crippen LogP contribution is -2.30. The van der Waals surface area contributed by atoms with Gasteiger partial charge in [0, 0.05) is 25.7 Å². The Morgan fingerprint density at radius 1 is 0.290 bits per heavy atom. The van der Waals surface area contributed by atoms with E-state index in [-0.39, 0.29) is 25.7 Å². The van der Waals surface area contributed by atoms with Gasteiger partial charge >= 0.3 is 39.5 Å². The van der Waals surface area contributed by atoms with Crippen LogP contribution in [0, 0.1) is 0 Å². The summed E-state index contributed by atoms with van der Waals surface area (Å²) in [6, 6.07) is 0. The number of aliphatic hydroxyl groups is 1. The van der Waals surface area contributed by atoms with Crippen molar-refractivity contribution < 1.29 is 80.2 Å². The summed E-state index contributed by atoms with van der Waals surface area (Å²) in [7, 11) is -9.98. The maximum atomic E-state index is 13.1. The molecule has 0 saturated carbocycles. The molecule has 0 heterocycles. The van der Waals surface area contributed by atoms with Gasteiger partial charge in [0.25, 0.3) is 0 Å². The first-order chi connectivity index (χ1) is 48.7. The number of rotatable bonds is 71. The number of aliphatic hydroxyl groups excluding tert-OH is 1. The molecule has 0 aromatic heterocycles. The predicted molar refractivity (Wildman–Crippen MR) is 408 cm³/mol. The fourth-order valence-electron chi connectivity index (χ4n) is 9.76. The summed E-state index contributed by atoms with van der Waals surface area (Å²) < 4.78 is 68.3. The molecule has 0 fully saturated rings. The van der Waals surface area contributed by atoms with Crippen molar-refractivity contribution in [2.45, 2.75) is 316 Å². The van der Waals surface area contributed by atoms with E-state index in [9.17, 15) is 43.2 Å². The smallest absolute Gasteiger partial charge is 0.462 e. The molecule has 0 rings (SSSR count). The molecule has 0 radical (unpaired) electrons. The zero-order valence-corrected chi connectivity index (χ0v) is 64.1. The largest absolute Gasteiger partial charge is 0.472 e. The zero-order valence-electron chi connectivity index (χ0n) is 62.3. The number of carbonyl (C=O) groups excluding carboxylic acids is 4. The molecule has 0 aliphatic rings. The van der Waals surface area contributed by atoms with Crippen LogP contribution < -0.4 is 0 Å². The van der Waals surface area contributed by atoms with Gasteiger partial charge in [0.15, 0.2) is 12.2 Å². The Bertz CT molecular complexity index is 2420. The van der Waals surface area contributed by atoms with Gasteiger partial charge in [0.05, 0.1) is 26.4 Å². The number of ether oxygens (including phenoxy) is 4. The lowest BCUT2D eigenvalue weighted by molar-refractivity contribution is -0.161. The van der Waals surface area contributed by atoms with Crippen LogP contribution in [-0.2, 0) is 65.4 Å². The van der Waals surface area contributed by atoms with Crippen LogP contribution >= 0.6 is 15.6 Å². The summed E-state index contributed by atoms with van der Waals surface area (Å²) in [4.78, 5) is 72.8. The van der Waals surface area contributed by atoms with Crippen molar-refractivity contribution in [1.82, 2.24) is 0 Å². The molecule has 19 heteroatoms. The minimum Gasteiger partial charge on any atom is -0.462 e. The van der Waals surface area contributed by atoms with Crippen LogP contribution in [0.5, 0.6) is 0 Å². The van der Waals surface area contributed by atoms with E-state index in [0.717, 1.165) is 161 Å². The number of hydrogen-bond acceptors (Lipinski definition) is 15. The van der Waals surface area contributed by atoms with Crippen molar-refractivity contribution in [3.05, 3.63) is 134 Å². The van der Waals surface area contributed by atoms with E-state index in [2.05, 4.69) is 143 Å². The second-order valence-corrected chi connectivity index (χ2v) is 28.1. The summed E-state index contributed by atoms with van der Waals surface area (Å²) in [6.45, 7) is 4.47. The quantitative estimate of drug-likeness (QED) is 0.0169. The highest BCUT2D eigenvalue weighted by molar-refractivity contribution is 7.47. The van der Waals surface area contributed by atoms with Crippen LogP contribution in [0.25, 0.3) is 0 Å². The predicted octanol–water partition coefficient (Wildman–Crippen LogP) is 22.1. The molecule has 0 aromatic carbocycles. The van der Waals surface area contributed by atoms with Crippen LogP contribution in [0.1, 0.15) is 297 Å². The van der Waals surface area contributed by atoms with Crippen molar-refractivity contribution in [1.29, 1.82) is 0 Å². The highest BCUT2D eigenvalue weighted by Gasteiger charge is 2.30. The fourth-order valence-corrected chi connectivity index (χ4v) is 11.3. The van der Waals surface area contributed by atoms with E-state index >= 15 is 0 Å². The van der Waals surface area contributed by atoms with Crippen molar-refractivity contribution in [2.24, 2.45) is 0 Å². The second kappa shape index (κ2) is 72.5. The fraction of sp³-hybridized carbons (Fsp3) is 0.679. The van der Waals surface area contributed by atoms with Crippen LogP contribution in [0.3, 0.4) is 0 Å². The molecule has 0 amide bonds. The van der Waals surface area contributed by atoms with Gasteiger partial charge in [0.1, 0.15) is 19.3 Å². The molecule has 17 nitrogen and oxygen atoms in total.